The van der Waals surface area contributed by atoms with Crippen molar-refractivity contribution in [1.82, 2.24) is 10.2 Å². The van der Waals surface area contributed by atoms with Crippen molar-refractivity contribution in [3.05, 3.63) is 0 Å². The molecule has 2 fully saturated rings. The highest BCUT2D eigenvalue weighted by molar-refractivity contribution is 7.90. The molecule has 0 spiro atoms. The molecular weight excluding hydrogens is 272 g/mol. The van der Waals surface area contributed by atoms with Gasteiger partial charge in [0.25, 0.3) is 0 Å². The van der Waals surface area contributed by atoms with Gasteiger partial charge < -0.3 is 5.32 Å². The number of sulfone groups is 1. The van der Waals surface area contributed by atoms with Crippen LogP contribution in [0.2, 0.25) is 0 Å². The van der Waals surface area contributed by atoms with E-state index in [1.165, 1.54) is 38.4 Å². The minimum absolute atomic E-state index is 0.135. The second-order valence-electron chi connectivity index (χ2n) is 6.75. The average molecular weight is 302 g/mol. The van der Waals surface area contributed by atoms with Crippen LogP contribution in [0, 0.1) is 5.92 Å². The Balaban J connectivity index is 1.95. The third-order valence-corrected chi connectivity index (χ3v) is 5.93. The van der Waals surface area contributed by atoms with Crippen LogP contribution in [-0.2, 0) is 9.84 Å². The average Bonchev–Trinajstić information content (AvgIpc) is 2.63. The molecule has 0 bridgehead atoms. The lowest BCUT2D eigenvalue weighted by Gasteiger charge is -2.35. The zero-order chi connectivity index (χ0) is 14.6. The zero-order valence-corrected chi connectivity index (χ0v) is 13.8. The van der Waals surface area contributed by atoms with Gasteiger partial charge in [0.2, 0.25) is 0 Å². The topological polar surface area (TPSA) is 49.4 Å². The molecule has 5 heteroatoms. The molecule has 20 heavy (non-hydrogen) atoms. The van der Waals surface area contributed by atoms with E-state index in [0.29, 0.717) is 6.04 Å². The van der Waals surface area contributed by atoms with Crippen LogP contribution in [0.15, 0.2) is 0 Å². The number of hydrogen-bond donors (Lipinski definition) is 1. The number of hydrogen-bond acceptors (Lipinski definition) is 4. The summed E-state index contributed by atoms with van der Waals surface area (Å²) in [7, 11) is -2.89. The largest absolute Gasteiger partial charge is 0.312 e. The summed E-state index contributed by atoms with van der Waals surface area (Å²) >= 11 is 0. The van der Waals surface area contributed by atoms with Crippen molar-refractivity contribution in [2.24, 2.45) is 5.92 Å². The molecule has 0 aromatic heterocycles. The molecule has 1 N–H and O–H groups in total. The van der Waals surface area contributed by atoms with Crippen molar-refractivity contribution in [2.75, 3.05) is 31.6 Å². The molecule has 0 aromatic carbocycles. The van der Waals surface area contributed by atoms with Gasteiger partial charge in [-0.15, -0.1) is 0 Å². The summed E-state index contributed by atoms with van der Waals surface area (Å²) in [5, 5.41) is 3.71. The van der Waals surface area contributed by atoms with E-state index in [2.05, 4.69) is 17.1 Å². The van der Waals surface area contributed by atoms with Gasteiger partial charge in [-0.3, -0.25) is 4.90 Å². The summed E-state index contributed by atoms with van der Waals surface area (Å²) in [5.41, 5.74) is 0. The smallest absolute Gasteiger partial charge is 0.148 e. The Bertz CT molecular complexity index is 391. The van der Waals surface area contributed by atoms with E-state index < -0.39 is 9.84 Å². The fraction of sp³-hybridized carbons (Fsp3) is 1.00. The molecule has 2 aliphatic rings. The second kappa shape index (κ2) is 7.23. The Kier molecular flexibility index (Phi) is 5.87. The highest BCUT2D eigenvalue weighted by Gasteiger charge is 2.29. The van der Waals surface area contributed by atoms with E-state index in [9.17, 15) is 8.42 Å². The summed E-state index contributed by atoms with van der Waals surface area (Å²) in [6, 6.07) is 0.691. The fourth-order valence-corrected chi connectivity index (χ4v) is 4.86. The standard InChI is InChI=1S/C15H30N2O2S/c1-13(12-20(2,18)19)17-10-6-9-16-15(11-17)14-7-4-3-5-8-14/h13-16H,3-12H2,1-2H3. The van der Waals surface area contributed by atoms with Gasteiger partial charge in [-0.25, -0.2) is 8.42 Å². The maximum atomic E-state index is 11.5. The van der Waals surface area contributed by atoms with Gasteiger partial charge in [0.05, 0.1) is 5.75 Å². The Labute approximate surface area is 124 Å². The van der Waals surface area contributed by atoms with Crippen molar-refractivity contribution in [3.8, 4) is 0 Å². The molecule has 4 nitrogen and oxygen atoms in total. The van der Waals surface area contributed by atoms with Gasteiger partial charge in [-0.05, 0) is 45.2 Å². The van der Waals surface area contributed by atoms with Gasteiger partial charge in [0.1, 0.15) is 9.84 Å². The third kappa shape index (κ3) is 5.01. The summed E-state index contributed by atoms with van der Waals surface area (Å²) in [6.07, 6.45) is 9.26. The van der Waals surface area contributed by atoms with E-state index in [1.807, 2.05) is 0 Å². The zero-order valence-electron chi connectivity index (χ0n) is 13.0. The van der Waals surface area contributed by atoms with Crippen molar-refractivity contribution in [3.63, 3.8) is 0 Å². The molecule has 1 saturated carbocycles. The molecule has 0 amide bonds. The van der Waals surface area contributed by atoms with Crippen LogP contribution in [0.1, 0.15) is 45.4 Å². The molecule has 118 valence electrons. The normalized spacial score (nSPS) is 29.0. The molecule has 2 rings (SSSR count). The van der Waals surface area contributed by atoms with Crippen LogP contribution in [-0.4, -0.2) is 57.0 Å². The quantitative estimate of drug-likeness (QED) is 0.858. The summed E-state index contributed by atoms with van der Waals surface area (Å²) in [4.78, 5) is 2.39. The number of nitrogens with one attached hydrogen (secondary N) is 1. The van der Waals surface area contributed by atoms with E-state index in [-0.39, 0.29) is 11.8 Å². The minimum Gasteiger partial charge on any atom is -0.312 e. The van der Waals surface area contributed by atoms with Crippen LogP contribution in [0.25, 0.3) is 0 Å². The van der Waals surface area contributed by atoms with Crippen molar-refractivity contribution >= 4 is 9.84 Å². The molecule has 0 aromatic rings. The highest BCUT2D eigenvalue weighted by Crippen LogP contribution is 2.28. The molecule has 1 saturated heterocycles. The first kappa shape index (κ1) is 16.2. The van der Waals surface area contributed by atoms with Gasteiger partial charge in [0, 0.05) is 24.9 Å². The van der Waals surface area contributed by atoms with Crippen molar-refractivity contribution in [2.45, 2.75) is 57.5 Å². The Morgan fingerprint density at radius 2 is 1.90 bits per heavy atom. The highest BCUT2D eigenvalue weighted by atomic mass is 32.2. The lowest BCUT2D eigenvalue weighted by molar-refractivity contribution is 0.179. The third-order valence-electron chi connectivity index (χ3n) is 4.85. The van der Waals surface area contributed by atoms with Crippen LogP contribution in [0.3, 0.4) is 0 Å². The van der Waals surface area contributed by atoms with E-state index in [0.717, 1.165) is 32.0 Å². The SMILES string of the molecule is CC(CS(C)(=O)=O)N1CCCNC(C2CCCCC2)C1. The monoisotopic (exact) mass is 302 g/mol. The molecule has 1 aliphatic carbocycles. The number of nitrogens with zero attached hydrogens (tertiary/aromatic N) is 1. The summed E-state index contributed by atoms with van der Waals surface area (Å²) in [6.45, 7) is 5.17. The maximum Gasteiger partial charge on any atom is 0.148 e. The first-order chi connectivity index (χ1) is 9.46. The van der Waals surface area contributed by atoms with E-state index in [1.54, 1.807) is 0 Å². The van der Waals surface area contributed by atoms with Crippen LogP contribution in [0.4, 0.5) is 0 Å². The first-order valence-corrected chi connectivity index (χ1v) is 10.2. The predicted octanol–water partition coefficient (Wildman–Crippen LogP) is 1.66. The van der Waals surface area contributed by atoms with E-state index in [4.69, 9.17) is 0 Å². The molecular formula is C15H30N2O2S. The Morgan fingerprint density at radius 1 is 1.20 bits per heavy atom. The van der Waals surface area contributed by atoms with Gasteiger partial charge in [-0.2, -0.15) is 0 Å². The van der Waals surface area contributed by atoms with E-state index >= 15 is 0 Å². The lowest BCUT2D eigenvalue weighted by atomic mass is 9.83. The number of rotatable bonds is 4. The summed E-state index contributed by atoms with van der Waals surface area (Å²) in [5.74, 6) is 1.07. The lowest BCUT2D eigenvalue weighted by Crippen LogP contribution is -2.47. The first-order valence-electron chi connectivity index (χ1n) is 8.11. The molecule has 2 atom stereocenters. The van der Waals surface area contributed by atoms with Crippen molar-refractivity contribution < 1.29 is 8.42 Å². The van der Waals surface area contributed by atoms with Crippen molar-refractivity contribution in [1.29, 1.82) is 0 Å². The molecule has 1 heterocycles. The molecule has 0 radical (unpaired) electrons. The second-order valence-corrected chi connectivity index (χ2v) is 8.93. The molecule has 1 aliphatic heterocycles. The fourth-order valence-electron chi connectivity index (χ4n) is 3.77. The minimum atomic E-state index is -2.89. The van der Waals surface area contributed by atoms with Crippen LogP contribution >= 0.6 is 0 Å². The Hall–Kier alpha value is -0.130. The maximum absolute atomic E-state index is 11.5. The van der Waals surface area contributed by atoms with Crippen LogP contribution < -0.4 is 5.32 Å². The molecule has 2 unspecified atom stereocenters. The predicted molar refractivity (Wildman–Crippen MR) is 83.7 cm³/mol. The van der Waals surface area contributed by atoms with Crippen LogP contribution in [0.5, 0.6) is 0 Å². The Morgan fingerprint density at radius 3 is 2.55 bits per heavy atom. The summed E-state index contributed by atoms with van der Waals surface area (Å²) < 4.78 is 23.0. The van der Waals surface area contributed by atoms with Gasteiger partial charge >= 0.3 is 0 Å². The van der Waals surface area contributed by atoms with Gasteiger partial charge in [0.15, 0.2) is 0 Å². The van der Waals surface area contributed by atoms with Gasteiger partial charge in [-0.1, -0.05) is 19.3 Å².